The zero-order chi connectivity index (χ0) is 15.0. The predicted octanol–water partition coefficient (Wildman–Crippen LogP) is 3.84. The van der Waals surface area contributed by atoms with E-state index in [9.17, 15) is 10.1 Å². The molecule has 21 heavy (non-hydrogen) atoms. The van der Waals surface area contributed by atoms with Crippen LogP contribution in [-0.4, -0.2) is 12.0 Å². The molecule has 0 spiro atoms. The highest BCUT2D eigenvalue weighted by molar-refractivity contribution is 5.50. The Morgan fingerprint density at radius 1 is 1.19 bits per heavy atom. The van der Waals surface area contributed by atoms with Gasteiger partial charge in [-0.05, 0) is 23.8 Å². The van der Waals surface area contributed by atoms with Crippen LogP contribution in [-0.2, 0) is 0 Å². The number of hydrogen-bond donors (Lipinski definition) is 0. The first-order valence-corrected chi connectivity index (χ1v) is 6.69. The van der Waals surface area contributed by atoms with Crippen molar-refractivity contribution >= 4 is 5.69 Å². The molecule has 0 unspecified atom stereocenters. The summed E-state index contributed by atoms with van der Waals surface area (Å²) in [5, 5.41) is 10.8. The first-order valence-electron chi connectivity index (χ1n) is 6.69. The minimum atomic E-state index is -0.408. The van der Waals surface area contributed by atoms with E-state index in [0.29, 0.717) is 5.75 Å². The maximum absolute atomic E-state index is 10.8. The fraction of sp³-hybridized carbons (Fsp3) is 0.250. The molecule has 0 saturated carbocycles. The summed E-state index contributed by atoms with van der Waals surface area (Å²) in [7, 11) is 1.62. The van der Waals surface area contributed by atoms with Gasteiger partial charge in [-0.25, -0.2) is 0 Å². The van der Waals surface area contributed by atoms with Crippen LogP contribution in [0.4, 0.5) is 5.69 Å². The van der Waals surface area contributed by atoms with E-state index >= 15 is 0 Å². The van der Waals surface area contributed by atoms with Crippen molar-refractivity contribution in [2.45, 2.75) is 18.9 Å². The van der Waals surface area contributed by atoms with Gasteiger partial charge in [0.1, 0.15) is 17.6 Å². The number of nitro groups is 1. The highest BCUT2D eigenvalue weighted by Gasteiger charge is 2.33. The lowest BCUT2D eigenvalue weighted by molar-refractivity contribution is -0.384. The van der Waals surface area contributed by atoms with Crippen LogP contribution in [0.25, 0.3) is 0 Å². The van der Waals surface area contributed by atoms with Gasteiger partial charge < -0.3 is 9.47 Å². The minimum Gasteiger partial charge on any atom is -0.497 e. The Hall–Kier alpha value is -2.56. The molecule has 108 valence electrons. The van der Waals surface area contributed by atoms with Gasteiger partial charge in [0, 0.05) is 17.5 Å². The summed E-state index contributed by atoms with van der Waals surface area (Å²) < 4.78 is 11.1. The second-order valence-corrected chi connectivity index (χ2v) is 5.08. The van der Waals surface area contributed by atoms with Crippen LogP contribution in [0.1, 0.15) is 30.1 Å². The topological polar surface area (TPSA) is 61.6 Å². The van der Waals surface area contributed by atoms with Crippen molar-refractivity contribution in [1.29, 1.82) is 0 Å². The first kappa shape index (κ1) is 13.4. The average Bonchev–Trinajstić information content (AvgIpc) is 2.84. The number of methoxy groups -OCH3 is 1. The van der Waals surface area contributed by atoms with E-state index in [0.717, 1.165) is 16.9 Å². The molecule has 3 rings (SSSR count). The maximum Gasteiger partial charge on any atom is 0.273 e. The van der Waals surface area contributed by atoms with Crippen LogP contribution in [0.2, 0.25) is 0 Å². The van der Waals surface area contributed by atoms with Gasteiger partial charge in [0.05, 0.1) is 18.1 Å². The minimum absolute atomic E-state index is 0.0522. The fourth-order valence-corrected chi connectivity index (χ4v) is 2.67. The lowest BCUT2D eigenvalue weighted by atomic mass is 9.93. The Kier molecular flexibility index (Phi) is 3.25. The van der Waals surface area contributed by atoms with Crippen LogP contribution in [0.5, 0.6) is 11.5 Å². The third kappa shape index (κ3) is 2.31. The molecule has 0 bridgehead atoms. The Morgan fingerprint density at radius 2 is 1.90 bits per heavy atom. The summed E-state index contributed by atoms with van der Waals surface area (Å²) in [4.78, 5) is 10.4. The summed E-state index contributed by atoms with van der Waals surface area (Å²) in [5.41, 5.74) is 2.08. The van der Waals surface area contributed by atoms with E-state index in [4.69, 9.17) is 9.47 Å². The number of nitrogens with zero attached hydrogens (tertiary/aromatic N) is 1. The van der Waals surface area contributed by atoms with Gasteiger partial charge in [-0.3, -0.25) is 10.1 Å². The number of benzene rings is 2. The molecular formula is C16H15NO4. The van der Waals surface area contributed by atoms with Crippen molar-refractivity contribution in [3.05, 3.63) is 63.7 Å². The maximum atomic E-state index is 10.8. The van der Waals surface area contributed by atoms with Crippen molar-refractivity contribution in [2.75, 3.05) is 7.11 Å². The molecule has 5 heteroatoms. The summed E-state index contributed by atoms with van der Waals surface area (Å²) in [6.45, 7) is 2.06. The van der Waals surface area contributed by atoms with Crippen molar-refractivity contribution in [1.82, 2.24) is 0 Å². The standard InChI is InChI=1S/C16H15NO4/c1-10-14-8-5-12(17(18)19)9-15(14)21-16(10)11-3-6-13(20-2)7-4-11/h3-10,16H,1-2H3/t10-,16-/m1/s1. The van der Waals surface area contributed by atoms with Crippen LogP contribution >= 0.6 is 0 Å². The molecule has 0 fully saturated rings. The smallest absolute Gasteiger partial charge is 0.273 e. The van der Waals surface area contributed by atoms with Crippen LogP contribution in [0, 0.1) is 10.1 Å². The van der Waals surface area contributed by atoms with Crippen LogP contribution in [0.15, 0.2) is 42.5 Å². The van der Waals surface area contributed by atoms with Gasteiger partial charge in [-0.15, -0.1) is 0 Å². The third-order valence-electron chi connectivity index (χ3n) is 3.85. The molecule has 0 aliphatic carbocycles. The average molecular weight is 285 g/mol. The Bertz CT molecular complexity index is 681. The zero-order valence-electron chi connectivity index (χ0n) is 11.8. The normalized spacial score (nSPS) is 19.7. The number of rotatable bonds is 3. The van der Waals surface area contributed by atoms with Gasteiger partial charge in [-0.1, -0.05) is 19.1 Å². The Balaban J connectivity index is 1.91. The fourth-order valence-electron chi connectivity index (χ4n) is 2.67. The van der Waals surface area contributed by atoms with E-state index < -0.39 is 4.92 Å². The number of hydrogen-bond acceptors (Lipinski definition) is 4. The van der Waals surface area contributed by atoms with Gasteiger partial charge in [0.2, 0.25) is 0 Å². The molecular weight excluding hydrogens is 270 g/mol. The summed E-state index contributed by atoms with van der Waals surface area (Å²) >= 11 is 0. The Morgan fingerprint density at radius 3 is 2.52 bits per heavy atom. The molecule has 1 aliphatic rings. The zero-order valence-corrected chi connectivity index (χ0v) is 11.8. The molecule has 0 amide bonds. The number of non-ortho nitro benzene ring substituents is 1. The van der Waals surface area contributed by atoms with Crippen LogP contribution in [0.3, 0.4) is 0 Å². The largest absolute Gasteiger partial charge is 0.497 e. The quantitative estimate of drug-likeness (QED) is 0.635. The molecule has 5 nitrogen and oxygen atoms in total. The monoisotopic (exact) mass is 285 g/mol. The van der Waals surface area contributed by atoms with Gasteiger partial charge >= 0.3 is 0 Å². The lowest BCUT2D eigenvalue weighted by Crippen LogP contribution is -2.06. The van der Waals surface area contributed by atoms with Crippen molar-refractivity contribution in [2.24, 2.45) is 0 Å². The second-order valence-electron chi connectivity index (χ2n) is 5.08. The summed E-state index contributed by atoms with van der Waals surface area (Å²) in [6.07, 6.45) is -0.132. The highest BCUT2D eigenvalue weighted by atomic mass is 16.6. The second kappa shape index (κ2) is 5.09. The molecule has 0 saturated heterocycles. The number of ether oxygens (including phenoxy) is 2. The molecule has 0 radical (unpaired) electrons. The SMILES string of the molecule is COc1ccc([C@@H]2Oc3cc([N+](=O)[O-])ccc3[C@H]2C)cc1. The van der Waals surface area contributed by atoms with Gasteiger partial charge in [0.15, 0.2) is 0 Å². The third-order valence-corrected chi connectivity index (χ3v) is 3.85. The van der Waals surface area contributed by atoms with E-state index in [-0.39, 0.29) is 17.7 Å². The molecule has 0 N–H and O–H groups in total. The molecule has 2 atom stereocenters. The van der Waals surface area contributed by atoms with Crippen molar-refractivity contribution in [3.8, 4) is 11.5 Å². The number of nitro benzene ring substituents is 1. The first-order chi connectivity index (χ1) is 10.1. The summed E-state index contributed by atoms with van der Waals surface area (Å²) in [5.74, 6) is 1.53. The predicted molar refractivity (Wildman–Crippen MR) is 77.9 cm³/mol. The van der Waals surface area contributed by atoms with E-state index in [1.54, 1.807) is 13.2 Å². The molecule has 0 aromatic heterocycles. The highest BCUT2D eigenvalue weighted by Crippen LogP contribution is 2.46. The Labute approximate surface area is 122 Å². The molecule has 1 aliphatic heterocycles. The lowest BCUT2D eigenvalue weighted by Gasteiger charge is -2.16. The van der Waals surface area contributed by atoms with Crippen LogP contribution < -0.4 is 9.47 Å². The molecule has 2 aromatic rings. The molecule has 1 heterocycles. The van der Waals surface area contributed by atoms with Gasteiger partial charge in [-0.2, -0.15) is 0 Å². The summed E-state index contributed by atoms with van der Waals surface area (Å²) in [6, 6.07) is 12.5. The van der Waals surface area contributed by atoms with E-state index in [1.807, 2.05) is 24.3 Å². The number of fused-ring (bicyclic) bond motifs is 1. The van der Waals surface area contributed by atoms with Gasteiger partial charge in [0.25, 0.3) is 5.69 Å². The molecule has 2 aromatic carbocycles. The van der Waals surface area contributed by atoms with E-state index in [2.05, 4.69) is 6.92 Å². The van der Waals surface area contributed by atoms with E-state index in [1.165, 1.54) is 12.1 Å². The van der Waals surface area contributed by atoms with Crippen molar-refractivity contribution in [3.63, 3.8) is 0 Å². The van der Waals surface area contributed by atoms with Crippen molar-refractivity contribution < 1.29 is 14.4 Å².